The first-order valence-electron chi connectivity index (χ1n) is 6.31. The monoisotopic (exact) mass is 271 g/mol. The maximum Gasteiger partial charge on any atom is 0.142 e. The molecule has 0 spiro atoms. The lowest BCUT2D eigenvalue weighted by Gasteiger charge is -2.33. The van der Waals surface area contributed by atoms with Crippen molar-refractivity contribution in [2.24, 2.45) is 17.1 Å². The molecule has 0 bridgehead atoms. The van der Waals surface area contributed by atoms with Crippen LogP contribution in [0.3, 0.4) is 0 Å². The van der Waals surface area contributed by atoms with Crippen LogP contribution in [0.4, 0.5) is 4.39 Å². The van der Waals surface area contributed by atoms with Crippen molar-refractivity contribution in [3.63, 3.8) is 0 Å². The second kappa shape index (κ2) is 5.16. The average Bonchev–Trinajstić information content (AvgIpc) is 2.75. The molecule has 1 fully saturated rings. The molecule has 0 amide bonds. The van der Waals surface area contributed by atoms with Gasteiger partial charge in [0.25, 0.3) is 0 Å². The largest absolute Gasteiger partial charge is 0.388 e. The topological polar surface area (TPSA) is 46.2 Å². The fourth-order valence-electron chi connectivity index (χ4n) is 3.01. The van der Waals surface area contributed by atoms with Gasteiger partial charge in [0.15, 0.2) is 0 Å². The second-order valence-corrected chi connectivity index (χ2v) is 5.90. The molecule has 1 aliphatic rings. The molecule has 1 aliphatic carbocycles. The third-order valence-electron chi connectivity index (χ3n) is 4.14. The van der Waals surface area contributed by atoms with Crippen molar-refractivity contribution in [1.29, 1.82) is 0 Å². The fraction of sp³-hybridized carbons (Fsp3) is 0.571. The zero-order valence-corrected chi connectivity index (χ0v) is 11.3. The van der Waals surface area contributed by atoms with Gasteiger partial charge in [-0.3, -0.25) is 0 Å². The van der Waals surface area contributed by atoms with E-state index in [0.717, 1.165) is 19.3 Å². The molecule has 2 nitrogen and oxygen atoms in total. The summed E-state index contributed by atoms with van der Waals surface area (Å²) in [6.45, 7) is 2.58. The number of halogens is 2. The molecule has 1 aromatic rings. The molecule has 3 atom stereocenters. The fourth-order valence-corrected chi connectivity index (χ4v) is 3.13. The highest BCUT2D eigenvalue weighted by Gasteiger charge is 2.42. The predicted octanol–water partition coefficient (Wildman–Crippen LogP) is 3.28. The Labute approximate surface area is 112 Å². The highest BCUT2D eigenvalue weighted by atomic mass is 35.5. The van der Waals surface area contributed by atoms with Gasteiger partial charge >= 0.3 is 0 Å². The minimum Gasteiger partial charge on any atom is -0.388 e. The van der Waals surface area contributed by atoms with Crippen LogP contribution in [0.25, 0.3) is 0 Å². The molecule has 0 saturated heterocycles. The summed E-state index contributed by atoms with van der Waals surface area (Å²) in [7, 11) is 0. The van der Waals surface area contributed by atoms with Gasteiger partial charge < -0.3 is 10.8 Å². The molecule has 2 rings (SSSR count). The number of benzene rings is 1. The molecule has 18 heavy (non-hydrogen) atoms. The van der Waals surface area contributed by atoms with Gasteiger partial charge in [-0.2, -0.15) is 0 Å². The highest BCUT2D eigenvalue weighted by molar-refractivity contribution is 6.30. The van der Waals surface area contributed by atoms with Gasteiger partial charge in [0.05, 0.1) is 11.1 Å². The van der Waals surface area contributed by atoms with Crippen molar-refractivity contribution in [3.8, 4) is 0 Å². The van der Waals surface area contributed by atoms with Crippen LogP contribution in [-0.2, 0) is 0 Å². The Morgan fingerprint density at radius 1 is 1.61 bits per heavy atom. The summed E-state index contributed by atoms with van der Waals surface area (Å²) >= 11 is 5.66. The zero-order valence-electron chi connectivity index (χ0n) is 10.5. The number of rotatable bonds is 3. The average molecular weight is 272 g/mol. The molecule has 0 aromatic heterocycles. The Hall–Kier alpha value is -0.640. The van der Waals surface area contributed by atoms with E-state index < -0.39 is 11.9 Å². The van der Waals surface area contributed by atoms with E-state index in [2.05, 4.69) is 6.92 Å². The van der Waals surface area contributed by atoms with Crippen molar-refractivity contribution in [2.75, 3.05) is 6.54 Å². The molecule has 1 aromatic carbocycles. The zero-order chi connectivity index (χ0) is 13.3. The Kier molecular flexibility index (Phi) is 3.95. The SMILES string of the molecule is CC1CCC(CN)(C(O)c2ccc(Cl)c(F)c2)C1. The molecule has 4 heteroatoms. The molecular weight excluding hydrogens is 253 g/mol. The van der Waals surface area contributed by atoms with E-state index >= 15 is 0 Å². The molecular formula is C14H19ClFNO. The lowest BCUT2D eigenvalue weighted by molar-refractivity contribution is 0.0306. The second-order valence-electron chi connectivity index (χ2n) is 5.49. The molecule has 3 unspecified atom stereocenters. The smallest absolute Gasteiger partial charge is 0.142 e. The van der Waals surface area contributed by atoms with Crippen molar-refractivity contribution in [3.05, 3.63) is 34.6 Å². The van der Waals surface area contributed by atoms with E-state index in [1.54, 1.807) is 6.07 Å². The van der Waals surface area contributed by atoms with Crippen LogP contribution in [0, 0.1) is 17.2 Å². The Morgan fingerprint density at radius 2 is 2.33 bits per heavy atom. The molecule has 100 valence electrons. The highest BCUT2D eigenvalue weighted by Crippen LogP contribution is 2.49. The first-order valence-corrected chi connectivity index (χ1v) is 6.69. The quantitative estimate of drug-likeness (QED) is 0.886. The first-order chi connectivity index (χ1) is 8.48. The van der Waals surface area contributed by atoms with Gasteiger partial charge in [0, 0.05) is 12.0 Å². The summed E-state index contributed by atoms with van der Waals surface area (Å²) in [6.07, 6.45) is 2.11. The Bertz CT molecular complexity index is 440. The van der Waals surface area contributed by atoms with Gasteiger partial charge in [-0.25, -0.2) is 4.39 Å². The van der Waals surface area contributed by atoms with Crippen molar-refractivity contribution >= 4 is 11.6 Å². The van der Waals surface area contributed by atoms with E-state index in [4.69, 9.17) is 17.3 Å². The maximum absolute atomic E-state index is 13.5. The lowest BCUT2D eigenvalue weighted by Crippen LogP contribution is -2.34. The van der Waals surface area contributed by atoms with E-state index in [1.165, 1.54) is 12.1 Å². The molecule has 0 aliphatic heterocycles. The summed E-state index contributed by atoms with van der Waals surface area (Å²) in [5, 5.41) is 10.6. The summed E-state index contributed by atoms with van der Waals surface area (Å²) in [5.74, 6) is 0.0618. The van der Waals surface area contributed by atoms with Crippen molar-refractivity contribution in [2.45, 2.75) is 32.3 Å². The van der Waals surface area contributed by atoms with Crippen LogP contribution in [0.15, 0.2) is 18.2 Å². The molecule has 0 radical (unpaired) electrons. The Balaban J connectivity index is 2.29. The number of hydrogen-bond donors (Lipinski definition) is 2. The van der Waals surface area contributed by atoms with Crippen LogP contribution in [0.5, 0.6) is 0 Å². The standard InChI is InChI=1S/C14H19ClFNO/c1-9-4-5-14(7-9,8-17)13(18)10-2-3-11(15)12(16)6-10/h2-3,6,9,13,18H,4-5,7-8,17H2,1H3. The minimum absolute atomic E-state index is 0.0764. The van der Waals surface area contributed by atoms with Crippen LogP contribution in [-0.4, -0.2) is 11.7 Å². The number of hydrogen-bond acceptors (Lipinski definition) is 2. The van der Waals surface area contributed by atoms with Crippen LogP contribution in [0.1, 0.15) is 37.9 Å². The summed E-state index contributed by atoms with van der Waals surface area (Å²) in [4.78, 5) is 0. The Morgan fingerprint density at radius 3 is 2.83 bits per heavy atom. The number of aliphatic hydroxyl groups excluding tert-OH is 1. The summed E-state index contributed by atoms with van der Waals surface area (Å²) in [6, 6.07) is 4.47. The van der Waals surface area contributed by atoms with Crippen LogP contribution >= 0.6 is 11.6 Å². The molecule has 1 saturated carbocycles. The van der Waals surface area contributed by atoms with Gasteiger partial charge in [-0.1, -0.05) is 31.0 Å². The third kappa shape index (κ3) is 2.40. The van der Waals surface area contributed by atoms with Crippen LogP contribution in [0.2, 0.25) is 5.02 Å². The normalized spacial score (nSPS) is 29.5. The molecule has 0 heterocycles. The maximum atomic E-state index is 13.5. The van der Waals surface area contributed by atoms with Gasteiger partial charge in [-0.15, -0.1) is 0 Å². The number of aliphatic hydroxyl groups is 1. The van der Waals surface area contributed by atoms with Crippen molar-refractivity contribution in [1.82, 2.24) is 0 Å². The predicted molar refractivity (Wildman–Crippen MR) is 70.9 cm³/mol. The minimum atomic E-state index is -0.723. The molecule has 3 N–H and O–H groups in total. The van der Waals surface area contributed by atoms with E-state index in [9.17, 15) is 9.50 Å². The summed E-state index contributed by atoms with van der Waals surface area (Å²) in [5.41, 5.74) is 6.10. The summed E-state index contributed by atoms with van der Waals surface area (Å²) < 4.78 is 13.5. The van der Waals surface area contributed by atoms with Gasteiger partial charge in [-0.05, 0) is 36.5 Å². The van der Waals surface area contributed by atoms with Crippen LogP contribution < -0.4 is 5.73 Å². The van der Waals surface area contributed by atoms with Gasteiger partial charge in [0.2, 0.25) is 0 Å². The first kappa shape index (κ1) is 13.8. The third-order valence-corrected chi connectivity index (χ3v) is 4.44. The van der Waals surface area contributed by atoms with E-state index in [0.29, 0.717) is 18.0 Å². The number of nitrogens with two attached hydrogens (primary N) is 1. The van der Waals surface area contributed by atoms with Crippen molar-refractivity contribution < 1.29 is 9.50 Å². The van der Waals surface area contributed by atoms with E-state index in [-0.39, 0.29) is 10.4 Å². The van der Waals surface area contributed by atoms with E-state index in [1.807, 2.05) is 0 Å². The van der Waals surface area contributed by atoms with Gasteiger partial charge in [0.1, 0.15) is 5.82 Å². The lowest BCUT2D eigenvalue weighted by atomic mass is 9.77.